The zero-order chi connectivity index (χ0) is 19.8. The summed E-state index contributed by atoms with van der Waals surface area (Å²) in [5.41, 5.74) is 1.11. The van der Waals surface area contributed by atoms with Gasteiger partial charge in [-0.3, -0.25) is 0 Å². The van der Waals surface area contributed by atoms with Crippen LogP contribution in [0.25, 0.3) is 0 Å². The average Bonchev–Trinajstić information content (AvgIpc) is 3.07. The summed E-state index contributed by atoms with van der Waals surface area (Å²) < 4.78 is 48.0. The van der Waals surface area contributed by atoms with E-state index in [1.54, 1.807) is 0 Å². The number of hydrogen-bond acceptors (Lipinski definition) is 4. The van der Waals surface area contributed by atoms with E-state index in [9.17, 15) is 18.3 Å². The van der Waals surface area contributed by atoms with Gasteiger partial charge in [0.1, 0.15) is 11.5 Å². The highest BCUT2D eigenvalue weighted by Gasteiger charge is 2.49. The summed E-state index contributed by atoms with van der Waals surface area (Å²) in [5, 5.41) is 13.8. The van der Waals surface area contributed by atoms with Gasteiger partial charge in [0.25, 0.3) is 0 Å². The summed E-state index contributed by atoms with van der Waals surface area (Å²) in [7, 11) is 0. The maximum absolute atomic E-state index is 12.6. The number of benzene rings is 2. The summed E-state index contributed by atoms with van der Waals surface area (Å²) in [4.78, 5) is 0. The number of alkyl halides is 3. The molecule has 0 saturated carbocycles. The minimum absolute atomic E-state index is 0.00389. The highest BCUT2D eigenvalue weighted by atomic mass is 19.4. The molecule has 2 aliphatic heterocycles. The molecule has 2 fully saturated rings. The Hall–Kier alpha value is -2.25. The van der Waals surface area contributed by atoms with Gasteiger partial charge in [0.2, 0.25) is 0 Å². The third-order valence-corrected chi connectivity index (χ3v) is 5.62. The Balaban J connectivity index is 1.60. The maximum Gasteiger partial charge on any atom is 0.573 e. The van der Waals surface area contributed by atoms with Gasteiger partial charge in [-0.2, -0.15) is 0 Å². The molecule has 4 nitrogen and oxygen atoms in total. The third kappa shape index (κ3) is 3.82. The van der Waals surface area contributed by atoms with Crippen LogP contribution < -0.4 is 10.1 Å². The normalized spacial score (nSPS) is 27.8. The molecule has 4 rings (SSSR count). The second kappa shape index (κ2) is 7.29. The van der Waals surface area contributed by atoms with Crippen LogP contribution >= 0.6 is 0 Å². The van der Waals surface area contributed by atoms with Crippen molar-refractivity contribution in [1.29, 1.82) is 0 Å². The fourth-order valence-corrected chi connectivity index (χ4v) is 4.46. The first-order valence-electron chi connectivity index (χ1n) is 9.37. The van der Waals surface area contributed by atoms with Crippen molar-refractivity contribution in [2.75, 3.05) is 13.2 Å². The average molecular weight is 393 g/mol. The highest BCUT2D eigenvalue weighted by molar-refractivity contribution is 5.42. The SMILES string of the molecule is Oc1ccc(OC(F)(F)F)cc1[C@H]1CO[C@]2(CCCN[C@H]2c2ccccc2)C1. The van der Waals surface area contributed by atoms with Crippen molar-refractivity contribution in [2.24, 2.45) is 0 Å². The molecule has 0 amide bonds. The molecule has 1 spiro atoms. The molecule has 28 heavy (non-hydrogen) atoms. The number of ether oxygens (including phenoxy) is 2. The summed E-state index contributed by atoms with van der Waals surface area (Å²) in [6.45, 7) is 1.23. The highest BCUT2D eigenvalue weighted by Crippen LogP contribution is 2.49. The van der Waals surface area contributed by atoms with Gasteiger partial charge in [0, 0.05) is 11.5 Å². The molecule has 0 aromatic heterocycles. The minimum atomic E-state index is -4.77. The van der Waals surface area contributed by atoms with Crippen molar-refractivity contribution < 1.29 is 27.8 Å². The first kappa shape index (κ1) is 19.1. The van der Waals surface area contributed by atoms with Gasteiger partial charge in [-0.05, 0) is 49.6 Å². The standard InChI is InChI=1S/C21H22F3NO3/c22-21(23,24)28-16-7-8-18(26)17(11-16)15-12-20(27-13-15)9-4-10-25-19(20)14-5-2-1-3-6-14/h1-3,5-8,11,15,19,25-26H,4,9-10,12-13H2/t15-,19+,20-/m1/s1. The lowest BCUT2D eigenvalue weighted by atomic mass is 9.77. The van der Waals surface area contributed by atoms with Crippen molar-refractivity contribution in [2.45, 2.75) is 43.2 Å². The Bertz CT molecular complexity index is 827. The molecule has 3 atom stereocenters. The molecule has 2 aliphatic rings. The molecule has 150 valence electrons. The van der Waals surface area contributed by atoms with E-state index in [4.69, 9.17) is 4.74 Å². The number of aromatic hydroxyl groups is 1. The largest absolute Gasteiger partial charge is 0.573 e. The van der Waals surface area contributed by atoms with Gasteiger partial charge in [-0.1, -0.05) is 30.3 Å². The van der Waals surface area contributed by atoms with Crippen molar-refractivity contribution in [3.05, 3.63) is 59.7 Å². The zero-order valence-corrected chi connectivity index (χ0v) is 15.2. The van der Waals surface area contributed by atoms with E-state index < -0.39 is 12.0 Å². The Morgan fingerprint density at radius 3 is 2.68 bits per heavy atom. The summed E-state index contributed by atoms with van der Waals surface area (Å²) in [6.07, 6.45) is -2.34. The number of nitrogens with one attached hydrogen (secondary N) is 1. The first-order valence-corrected chi connectivity index (χ1v) is 9.37. The van der Waals surface area contributed by atoms with Crippen molar-refractivity contribution >= 4 is 0 Å². The Kier molecular flexibility index (Phi) is 4.97. The van der Waals surface area contributed by atoms with Gasteiger partial charge in [-0.15, -0.1) is 13.2 Å². The molecule has 0 bridgehead atoms. The summed E-state index contributed by atoms with van der Waals surface area (Å²) >= 11 is 0. The smallest absolute Gasteiger partial charge is 0.508 e. The van der Waals surface area contributed by atoms with Crippen molar-refractivity contribution in [3.8, 4) is 11.5 Å². The summed E-state index contributed by atoms with van der Waals surface area (Å²) in [5.74, 6) is -0.578. The molecule has 2 aromatic rings. The fourth-order valence-electron chi connectivity index (χ4n) is 4.46. The van der Waals surface area contributed by atoms with Gasteiger partial charge < -0.3 is 19.9 Å². The molecule has 2 aromatic carbocycles. The number of phenolic OH excluding ortho intramolecular Hbond substituents is 1. The topological polar surface area (TPSA) is 50.7 Å². The minimum Gasteiger partial charge on any atom is -0.508 e. The molecule has 2 saturated heterocycles. The van der Waals surface area contributed by atoms with Crippen LogP contribution in [0, 0.1) is 0 Å². The van der Waals surface area contributed by atoms with Gasteiger partial charge in [0.15, 0.2) is 0 Å². The van der Waals surface area contributed by atoms with Crippen LogP contribution in [0.3, 0.4) is 0 Å². The predicted molar refractivity (Wildman–Crippen MR) is 97.3 cm³/mol. The van der Waals surface area contributed by atoms with Gasteiger partial charge in [0.05, 0.1) is 18.2 Å². The van der Waals surface area contributed by atoms with Crippen LogP contribution in [-0.2, 0) is 4.74 Å². The van der Waals surface area contributed by atoms with Gasteiger partial charge in [-0.25, -0.2) is 0 Å². The van der Waals surface area contributed by atoms with Crippen LogP contribution in [0.4, 0.5) is 13.2 Å². The number of piperidine rings is 1. The number of phenols is 1. The molecule has 2 N–H and O–H groups in total. The summed E-state index contributed by atoms with van der Waals surface area (Å²) in [6, 6.07) is 13.7. The van der Waals surface area contributed by atoms with E-state index in [1.165, 1.54) is 12.1 Å². The van der Waals surface area contributed by atoms with Crippen LogP contribution in [0.5, 0.6) is 11.5 Å². The van der Waals surface area contributed by atoms with E-state index in [1.807, 2.05) is 18.2 Å². The maximum atomic E-state index is 12.6. The lowest BCUT2D eigenvalue weighted by Crippen LogP contribution is -2.48. The van der Waals surface area contributed by atoms with Crippen LogP contribution in [0.15, 0.2) is 48.5 Å². The van der Waals surface area contributed by atoms with Gasteiger partial charge >= 0.3 is 6.36 Å². The molecule has 0 unspecified atom stereocenters. The number of hydrogen-bond donors (Lipinski definition) is 2. The second-order valence-corrected chi connectivity index (χ2v) is 7.45. The quantitative estimate of drug-likeness (QED) is 0.797. The molecular formula is C21H22F3NO3. The zero-order valence-electron chi connectivity index (χ0n) is 15.2. The van der Waals surface area contributed by atoms with Crippen molar-refractivity contribution in [3.63, 3.8) is 0 Å². The molecule has 7 heteroatoms. The first-order chi connectivity index (χ1) is 13.4. The molecule has 0 radical (unpaired) electrons. The third-order valence-electron chi connectivity index (χ3n) is 5.62. The van der Waals surface area contributed by atoms with Crippen molar-refractivity contribution in [1.82, 2.24) is 5.32 Å². The number of halogens is 3. The number of rotatable bonds is 3. The molecule has 0 aliphatic carbocycles. The Labute approximate surface area is 161 Å². The fraction of sp³-hybridized carbons (Fsp3) is 0.429. The molecule has 2 heterocycles. The van der Waals surface area contributed by atoms with Crippen LogP contribution in [0.1, 0.15) is 42.3 Å². The lowest BCUT2D eigenvalue weighted by molar-refractivity contribution is -0.274. The van der Waals surface area contributed by atoms with E-state index in [0.717, 1.165) is 31.0 Å². The van der Waals surface area contributed by atoms with Crippen LogP contribution in [0.2, 0.25) is 0 Å². The van der Waals surface area contributed by atoms with Crippen LogP contribution in [-0.4, -0.2) is 30.2 Å². The van der Waals surface area contributed by atoms with E-state index in [0.29, 0.717) is 18.6 Å². The van der Waals surface area contributed by atoms with E-state index in [-0.39, 0.29) is 23.5 Å². The lowest BCUT2D eigenvalue weighted by Gasteiger charge is -2.41. The van der Waals surface area contributed by atoms with E-state index in [2.05, 4.69) is 22.2 Å². The monoisotopic (exact) mass is 393 g/mol. The van der Waals surface area contributed by atoms with E-state index >= 15 is 0 Å². The Morgan fingerprint density at radius 1 is 1.14 bits per heavy atom. The second-order valence-electron chi connectivity index (χ2n) is 7.45. The molecular weight excluding hydrogens is 371 g/mol. The Morgan fingerprint density at radius 2 is 1.93 bits per heavy atom. The predicted octanol–water partition coefficient (Wildman–Crippen LogP) is 4.66.